The highest BCUT2D eigenvalue weighted by Crippen LogP contribution is 2.30. The van der Waals surface area contributed by atoms with Crippen molar-refractivity contribution in [3.8, 4) is 23.1 Å². The van der Waals surface area contributed by atoms with E-state index in [4.69, 9.17) is 11.6 Å². The molecule has 0 spiro atoms. The summed E-state index contributed by atoms with van der Waals surface area (Å²) >= 11 is 6.01. The number of nitrogens with one attached hydrogen (secondary N) is 2. The highest BCUT2D eigenvalue weighted by Gasteiger charge is 2.33. The SMILES string of the molecule is O[C@]1(C#Cc2cccc(Cl)c2)CCC[C@@H](Nc2cc(-c3ccccc3)[nH]n2)C1. The number of nitrogens with zero attached hydrogens (tertiary/aromatic N) is 1. The third-order valence-corrected chi connectivity index (χ3v) is 5.24. The fourth-order valence-corrected chi connectivity index (χ4v) is 3.80. The Hall–Kier alpha value is -2.74. The predicted molar refractivity (Wildman–Crippen MR) is 113 cm³/mol. The lowest BCUT2D eigenvalue weighted by Crippen LogP contribution is -2.39. The van der Waals surface area contributed by atoms with Crippen molar-refractivity contribution in [2.24, 2.45) is 0 Å². The van der Waals surface area contributed by atoms with Crippen molar-refractivity contribution in [1.29, 1.82) is 0 Å². The molecule has 1 fully saturated rings. The zero-order valence-electron chi connectivity index (χ0n) is 15.5. The summed E-state index contributed by atoms with van der Waals surface area (Å²) in [5.74, 6) is 6.93. The fourth-order valence-electron chi connectivity index (χ4n) is 3.61. The minimum atomic E-state index is -1.00. The van der Waals surface area contributed by atoms with Gasteiger partial charge in [0.05, 0.1) is 5.69 Å². The van der Waals surface area contributed by atoms with Gasteiger partial charge in [0.2, 0.25) is 0 Å². The molecule has 0 radical (unpaired) electrons. The van der Waals surface area contributed by atoms with Gasteiger partial charge in [-0.1, -0.05) is 59.8 Å². The number of aromatic nitrogens is 2. The molecule has 0 aliphatic heterocycles. The van der Waals surface area contributed by atoms with Crippen LogP contribution in [0, 0.1) is 11.8 Å². The standard InChI is InChI=1S/C23H22ClN3O/c24-19-9-4-6-17(14-19)11-13-23(28)12-5-10-20(16-23)25-22-15-21(26-27-22)18-7-2-1-3-8-18/h1-4,6-9,14-15,20,28H,5,10,12,16H2,(H2,25,26,27)/t20-,23+/m1/s1. The summed E-state index contributed by atoms with van der Waals surface area (Å²) in [6.07, 6.45) is 3.13. The molecule has 28 heavy (non-hydrogen) atoms. The number of aromatic amines is 1. The Kier molecular flexibility index (Phi) is 5.38. The van der Waals surface area contributed by atoms with E-state index in [1.807, 2.05) is 60.7 Å². The maximum atomic E-state index is 11.0. The van der Waals surface area contributed by atoms with Crippen LogP contribution in [0.3, 0.4) is 0 Å². The van der Waals surface area contributed by atoms with Gasteiger partial charge in [-0.3, -0.25) is 5.10 Å². The largest absolute Gasteiger partial charge is 0.378 e. The van der Waals surface area contributed by atoms with E-state index in [9.17, 15) is 5.11 Å². The molecule has 0 bridgehead atoms. The first-order chi connectivity index (χ1) is 13.6. The van der Waals surface area contributed by atoms with Crippen molar-refractivity contribution in [1.82, 2.24) is 10.2 Å². The summed E-state index contributed by atoms with van der Waals surface area (Å²) in [4.78, 5) is 0. The molecule has 1 saturated carbocycles. The molecular weight excluding hydrogens is 370 g/mol. The maximum Gasteiger partial charge on any atom is 0.148 e. The van der Waals surface area contributed by atoms with Crippen LogP contribution in [0.15, 0.2) is 60.7 Å². The molecule has 2 atom stereocenters. The van der Waals surface area contributed by atoms with E-state index >= 15 is 0 Å². The molecule has 0 unspecified atom stereocenters. The Morgan fingerprint density at radius 3 is 2.82 bits per heavy atom. The highest BCUT2D eigenvalue weighted by molar-refractivity contribution is 6.30. The van der Waals surface area contributed by atoms with Crippen LogP contribution in [0.25, 0.3) is 11.3 Å². The summed E-state index contributed by atoms with van der Waals surface area (Å²) in [5.41, 5.74) is 1.87. The Labute approximate surface area is 170 Å². The Balaban J connectivity index is 1.44. The van der Waals surface area contributed by atoms with E-state index in [-0.39, 0.29) is 6.04 Å². The van der Waals surface area contributed by atoms with Gasteiger partial charge >= 0.3 is 0 Å². The van der Waals surface area contributed by atoms with E-state index in [0.29, 0.717) is 17.9 Å². The lowest BCUT2D eigenvalue weighted by Gasteiger charge is -2.33. The second-order valence-electron chi connectivity index (χ2n) is 7.26. The summed E-state index contributed by atoms with van der Waals surface area (Å²) in [6, 6.07) is 19.6. The minimum Gasteiger partial charge on any atom is -0.378 e. The topological polar surface area (TPSA) is 60.9 Å². The van der Waals surface area contributed by atoms with Crippen LogP contribution in [-0.4, -0.2) is 26.9 Å². The minimum absolute atomic E-state index is 0.124. The molecule has 4 nitrogen and oxygen atoms in total. The number of hydrogen-bond donors (Lipinski definition) is 3. The van der Waals surface area contributed by atoms with Crippen molar-refractivity contribution in [2.45, 2.75) is 37.3 Å². The van der Waals surface area contributed by atoms with Crippen LogP contribution in [0.4, 0.5) is 5.82 Å². The third kappa shape index (κ3) is 4.56. The quantitative estimate of drug-likeness (QED) is 0.558. The second-order valence-corrected chi connectivity index (χ2v) is 7.70. The first kappa shape index (κ1) is 18.6. The molecular formula is C23H22ClN3O. The van der Waals surface area contributed by atoms with E-state index < -0.39 is 5.60 Å². The molecule has 2 aromatic carbocycles. The lowest BCUT2D eigenvalue weighted by atomic mass is 9.82. The monoisotopic (exact) mass is 391 g/mol. The van der Waals surface area contributed by atoms with Crippen LogP contribution < -0.4 is 5.32 Å². The van der Waals surface area contributed by atoms with Gasteiger partial charge in [-0.2, -0.15) is 5.10 Å². The van der Waals surface area contributed by atoms with Gasteiger partial charge in [0.15, 0.2) is 0 Å². The van der Waals surface area contributed by atoms with Gasteiger partial charge in [-0.25, -0.2) is 0 Å². The van der Waals surface area contributed by atoms with Gasteiger partial charge in [-0.05, 0) is 43.0 Å². The molecule has 4 rings (SSSR count). The van der Waals surface area contributed by atoms with Gasteiger partial charge in [0.25, 0.3) is 0 Å². The number of anilines is 1. The first-order valence-electron chi connectivity index (χ1n) is 9.48. The van der Waals surface area contributed by atoms with Gasteiger partial charge in [-0.15, -0.1) is 0 Å². The second kappa shape index (κ2) is 8.10. The molecule has 3 N–H and O–H groups in total. The summed E-state index contributed by atoms with van der Waals surface area (Å²) in [5, 5.41) is 22.5. The third-order valence-electron chi connectivity index (χ3n) is 5.01. The summed E-state index contributed by atoms with van der Waals surface area (Å²) < 4.78 is 0. The zero-order chi connectivity index (χ0) is 19.4. The molecule has 142 valence electrons. The molecule has 3 aromatic rings. The number of hydrogen-bond acceptors (Lipinski definition) is 3. The van der Waals surface area contributed by atoms with Crippen molar-refractivity contribution in [3.63, 3.8) is 0 Å². The number of aliphatic hydroxyl groups is 1. The first-order valence-corrected chi connectivity index (χ1v) is 9.86. The van der Waals surface area contributed by atoms with Crippen LogP contribution in [0.2, 0.25) is 5.02 Å². The van der Waals surface area contributed by atoms with Gasteiger partial charge < -0.3 is 10.4 Å². The molecule has 5 heteroatoms. The Bertz CT molecular complexity index is 1010. The van der Waals surface area contributed by atoms with Crippen molar-refractivity contribution >= 4 is 17.4 Å². The molecule has 1 aromatic heterocycles. The molecule has 0 saturated heterocycles. The average Bonchev–Trinajstić information content (AvgIpc) is 3.16. The Morgan fingerprint density at radius 1 is 1.14 bits per heavy atom. The van der Waals surface area contributed by atoms with Crippen LogP contribution in [-0.2, 0) is 0 Å². The fraction of sp³-hybridized carbons (Fsp3) is 0.261. The normalized spacial score (nSPS) is 21.6. The number of H-pyrrole nitrogens is 1. The summed E-state index contributed by atoms with van der Waals surface area (Å²) in [6.45, 7) is 0. The summed E-state index contributed by atoms with van der Waals surface area (Å²) in [7, 11) is 0. The zero-order valence-corrected chi connectivity index (χ0v) is 16.2. The van der Waals surface area contributed by atoms with E-state index in [1.165, 1.54) is 0 Å². The van der Waals surface area contributed by atoms with E-state index in [0.717, 1.165) is 35.5 Å². The smallest absolute Gasteiger partial charge is 0.148 e. The molecule has 1 heterocycles. The lowest BCUT2D eigenvalue weighted by molar-refractivity contribution is 0.0561. The van der Waals surface area contributed by atoms with E-state index in [1.54, 1.807) is 0 Å². The Morgan fingerprint density at radius 2 is 2.00 bits per heavy atom. The van der Waals surface area contributed by atoms with Gasteiger partial charge in [0.1, 0.15) is 11.4 Å². The van der Waals surface area contributed by atoms with Crippen LogP contribution >= 0.6 is 11.6 Å². The number of halogens is 1. The highest BCUT2D eigenvalue weighted by atomic mass is 35.5. The van der Waals surface area contributed by atoms with Crippen LogP contribution in [0.1, 0.15) is 31.2 Å². The molecule has 1 aliphatic rings. The average molecular weight is 392 g/mol. The predicted octanol–water partition coefficient (Wildman–Crippen LogP) is 4.87. The van der Waals surface area contributed by atoms with Crippen LogP contribution in [0.5, 0.6) is 0 Å². The van der Waals surface area contributed by atoms with Gasteiger partial charge in [0, 0.05) is 29.1 Å². The van der Waals surface area contributed by atoms with Crippen molar-refractivity contribution in [3.05, 3.63) is 71.2 Å². The van der Waals surface area contributed by atoms with Crippen molar-refractivity contribution in [2.75, 3.05) is 5.32 Å². The number of benzene rings is 2. The van der Waals surface area contributed by atoms with Crippen molar-refractivity contribution < 1.29 is 5.11 Å². The maximum absolute atomic E-state index is 11.0. The molecule has 0 amide bonds. The molecule has 1 aliphatic carbocycles. The number of rotatable bonds is 3. The van der Waals surface area contributed by atoms with E-state index in [2.05, 4.69) is 27.4 Å².